The minimum absolute atomic E-state index is 0.182. The van der Waals surface area contributed by atoms with Gasteiger partial charge >= 0.3 is 5.97 Å². The summed E-state index contributed by atoms with van der Waals surface area (Å²) in [4.78, 5) is 32.5. The van der Waals surface area contributed by atoms with Crippen LogP contribution >= 0.6 is 22.9 Å². The van der Waals surface area contributed by atoms with Crippen molar-refractivity contribution in [2.24, 2.45) is 0 Å². The molecular weight excluding hydrogens is 348 g/mol. The molecule has 0 saturated carbocycles. The van der Waals surface area contributed by atoms with Crippen LogP contribution in [0, 0.1) is 6.92 Å². The molecule has 5 nitrogen and oxygen atoms in total. The Morgan fingerprint density at radius 3 is 2.75 bits per heavy atom. The van der Waals surface area contributed by atoms with Crippen molar-refractivity contribution in [2.75, 3.05) is 0 Å². The normalized spacial score (nSPS) is 12.3. The fourth-order valence-electron chi connectivity index (χ4n) is 2.33. The van der Waals surface area contributed by atoms with E-state index >= 15 is 0 Å². The second kappa shape index (κ2) is 6.75. The number of thiophene rings is 1. The zero-order valence-corrected chi connectivity index (χ0v) is 14.7. The standard InChI is InChI=1S/C17H15ClN2O3S/c1-9-12-15(21)19-14(10(2)18)20-16(12)24-13(9)17(22)23-8-11-6-4-3-5-7-11/h3-7,10H,8H2,1-2H3,(H,19,20,21). The van der Waals surface area contributed by atoms with Crippen molar-refractivity contribution in [3.8, 4) is 0 Å². The van der Waals surface area contributed by atoms with Crippen LogP contribution in [-0.2, 0) is 11.3 Å². The Balaban J connectivity index is 1.92. The smallest absolute Gasteiger partial charge is 0.349 e. The largest absolute Gasteiger partial charge is 0.457 e. The maximum atomic E-state index is 12.4. The Morgan fingerprint density at radius 2 is 2.08 bits per heavy atom. The lowest BCUT2D eigenvalue weighted by Gasteiger charge is -2.03. The number of hydrogen-bond donors (Lipinski definition) is 1. The van der Waals surface area contributed by atoms with Crippen LogP contribution in [0.1, 0.15) is 38.9 Å². The van der Waals surface area contributed by atoms with Gasteiger partial charge in [0.25, 0.3) is 5.56 Å². The first-order chi connectivity index (χ1) is 11.5. The Hall–Kier alpha value is -2.18. The van der Waals surface area contributed by atoms with E-state index < -0.39 is 11.3 Å². The third kappa shape index (κ3) is 3.20. The minimum Gasteiger partial charge on any atom is -0.457 e. The van der Waals surface area contributed by atoms with Crippen LogP contribution < -0.4 is 5.56 Å². The van der Waals surface area contributed by atoms with E-state index in [-0.39, 0.29) is 12.2 Å². The number of halogens is 1. The number of aromatic nitrogens is 2. The second-order valence-corrected chi connectivity index (χ2v) is 7.02. The summed E-state index contributed by atoms with van der Waals surface area (Å²) in [5, 5.41) is -0.00860. The molecule has 0 bridgehead atoms. The van der Waals surface area contributed by atoms with Crippen molar-refractivity contribution in [3.05, 3.63) is 62.5 Å². The molecule has 3 rings (SSSR count). The topological polar surface area (TPSA) is 72.0 Å². The van der Waals surface area contributed by atoms with E-state index in [1.807, 2.05) is 30.3 Å². The predicted molar refractivity (Wildman–Crippen MR) is 94.8 cm³/mol. The summed E-state index contributed by atoms with van der Waals surface area (Å²) in [7, 11) is 0. The number of hydrogen-bond acceptors (Lipinski definition) is 5. The number of H-pyrrole nitrogens is 1. The van der Waals surface area contributed by atoms with Gasteiger partial charge in [0.15, 0.2) is 0 Å². The number of ether oxygens (including phenoxy) is 1. The first-order valence-corrected chi connectivity index (χ1v) is 8.61. The van der Waals surface area contributed by atoms with Gasteiger partial charge in [0.05, 0.1) is 10.8 Å². The summed E-state index contributed by atoms with van der Waals surface area (Å²) >= 11 is 7.13. The second-order valence-electron chi connectivity index (χ2n) is 5.37. The van der Waals surface area contributed by atoms with E-state index in [2.05, 4.69) is 9.97 Å². The highest BCUT2D eigenvalue weighted by atomic mass is 35.5. The molecule has 1 atom stereocenters. The summed E-state index contributed by atoms with van der Waals surface area (Å²) < 4.78 is 5.35. The lowest BCUT2D eigenvalue weighted by Crippen LogP contribution is -2.12. The van der Waals surface area contributed by atoms with Gasteiger partial charge < -0.3 is 9.72 Å². The average Bonchev–Trinajstić information content (AvgIpc) is 2.91. The molecule has 1 unspecified atom stereocenters. The number of alkyl halides is 1. The molecule has 2 heterocycles. The quantitative estimate of drug-likeness (QED) is 0.563. The molecule has 0 amide bonds. The highest BCUT2D eigenvalue weighted by Crippen LogP contribution is 2.29. The molecular formula is C17H15ClN2O3S. The molecule has 0 fully saturated rings. The van der Waals surface area contributed by atoms with Crippen LogP contribution in [-0.4, -0.2) is 15.9 Å². The lowest BCUT2D eigenvalue weighted by atomic mass is 10.2. The molecule has 0 aliphatic rings. The highest BCUT2D eigenvalue weighted by Gasteiger charge is 2.21. The van der Waals surface area contributed by atoms with Gasteiger partial charge in [-0.1, -0.05) is 30.3 Å². The van der Waals surface area contributed by atoms with Crippen LogP contribution in [0.3, 0.4) is 0 Å². The first kappa shape index (κ1) is 16.7. The zero-order valence-electron chi connectivity index (χ0n) is 13.1. The van der Waals surface area contributed by atoms with E-state index in [4.69, 9.17) is 16.3 Å². The van der Waals surface area contributed by atoms with Gasteiger partial charge in [0.2, 0.25) is 0 Å². The number of nitrogens with one attached hydrogen (secondary N) is 1. The highest BCUT2D eigenvalue weighted by molar-refractivity contribution is 7.20. The molecule has 0 aliphatic carbocycles. The van der Waals surface area contributed by atoms with Gasteiger partial charge in [0.1, 0.15) is 22.1 Å². The summed E-state index contributed by atoms with van der Waals surface area (Å²) in [5.41, 5.74) is 1.19. The third-order valence-corrected chi connectivity index (χ3v) is 4.97. The molecule has 0 radical (unpaired) electrons. The van der Waals surface area contributed by atoms with Crippen LogP contribution in [0.5, 0.6) is 0 Å². The molecule has 0 spiro atoms. The van der Waals surface area contributed by atoms with E-state index in [1.54, 1.807) is 13.8 Å². The maximum absolute atomic E-state index is 12.4. The van der Waals surface area contributed by atoms with Crippen LogP contribution in [0.4, 0.5) is 0 Å². The number of aryl methyl sites for hydroxylation is 1. The molecule has 24 heavy (non-hydrogen) atoms. The Kier molecular flexibility index (Phi) is 4.69. The van der Waals surface area contributed by atoms with Gasteiger partial charge in [-0.25, -0.2) is 9.78 Å². The number of rotatable bonds is 4. The summed E-state index contributed by atoms with van der Waals surface area (Å²) in [5.74, 6) is -0.0705. The van der Waals surface area contributed by atoms with Crippen molar-refractivity contribution < 1.29 is 9.53 Å². The summed E-state index contributed by atoms with van der Waals surface area (Å²) in [6.45, 7) is 3.63. The number of aromatic amines is 1. The molecule has 0 saturated heterocycles. The van der Waals surface area contributed by atoms with Crippen molar-refractivity contribution in [2.45, 2.75) is 25.8 Å². The molecule has 2 aromatic heterocycles. The van der Waals surface area contributed by atoms with Crippen LogP contribution in [0.2, 0.25) is 0 Å². The molecule has 124 valence electrons. The minimum atomic E-state index is -0.459. The van der Waals surface area contributed by atoms with Gasteiger partial charge in [-0.3, -0.25) is 4.79 Å². The molecule has 1 N–H and O–H groups in total. The zero-order chi connectivity index (χ0) is 17.3. The number of benzene rings is 1. The SMILES string of the molecule is Cc1c(C(=O)OCc2ccccc2)sc2nc(C(C)Cl)[nH]c(=O)c12. The van der Waals surface area contributed by atoms with Crippen LogP contribution in [0.15, 0.2) is 35.1 Å². The first-order valence-electron chi connectivity index (χ1n) is 7.35. The van der Waals surface area contributed by atoms with Crippen LogP contribution in [0.25, 0.3) is 10.2 Å². The van der Waals surface area contributed by atoms with Gasteiger partial charge in [-0.15, -0.1) is 22.9 Å². The monoisotopic (exact) mass is 362 g/mol. The van der Waals surface area contributed by atoms with E-state index in [0.717, 1.165) is 16.9 Å². The summed E-state index contributed by atoms with van der Waals surface area (Å²) in [6.07, 6.45) is 0. The van der Waals surface area contributed by atoms with Crippen molar-refractivity contribution >= 4 is 39.1 Å². The number of carbonyl (C=O) groups is 1. The molecule has 3 aromatic rings. The van der Waals surface area contributed by atoms with Gasteiger partial charge in [0, 0.05) is 0 Å². The van der Waals surface area contributed by atoms with Gasteiger partial charge in [-0.2, -0.15) is 0 Å². The Labute approximate surface area is 147 Å². The number of esters is 1. The molecule has 7 heteroatoms. The maximum Gasteiger partial charge on any atom is 0.349 e. The molecule has 1 aromatic carbocycles. The Bertz CT molecular complexity index is 948. The molecule has 0 aliphatic heterocycles. The van der Waals surface area contributed by atoms with E-state index in [0.29, 0.717) is 26.5 Å². The van der Waals surface area contributed by atoms with Crippen molar-refractivity contribution in [3.63, 3.8) is 0 Å². The van der Waals surface area contributed by atoms with Crippen molar-refractivity contribution in [1.82, 2.24) is 9.97 Å². The van der Waals surface area contributed by atoms with E-state index in [9.17, 15) is 9.59 Å². The summed E-state index contributed by atoms with van der Waals surface area (Å²) in [6, 6.07) is 9.42. The number of fused-ring (bicyclic) bond motifs is 1. The third-order valence-electron chi connectivity index (χ3n) is 3.59. The fourth-order valence-corrected chi connectivity index (χ4v) is 3.52. The number of carbonyl (C=O) groups excluding carboxylic acids is 1. The lowest BCUT2D eigenvalue weighted by molar-refractivity contribution is 0.0478. The fraction of sp³-hybridized carbons (Fsp3) is 0.235. The number of nitrogens with zero attached hydrogens (tertiary/aromatic N) is 1. The van der Waals surface area contributed by atoms with Gasteiger partial charge in [-0.05, 0) is 25.0 Å². The van der Waals surface area contributed by atoms with E-state index in [1.165, 1.54) is 0 Å². The predicted octanol–water partition coefficient (Wildman–Crippen LogP) is 3.95. The average molecular weight is 363 g/mol. The van der Waals surface area contributed by atoms with Crippen molar-refractivity contribution in [1.29, 1.82) is 0 Å². The Morgan fingerprint density at radius 1 is 1.38 bits per heavy atom.